The molecular formula is C24H31NO4. The number of amides is 1. The quantitative estimate of drug-likeness (QED) is 0.788. The standard InChI is InChI=1S/C24H31NO4/c1-23(2,3)18-9-7-8-10-20(18)28-15-22(26)25-19-14-24(4,5)29-21-13-16(27-6)11-12-17(19)21/h7-13,19H,14-15H2,1-6H3,(H,25,26)/t19-/m0/s1. The van der Waals surface area contributed by atoms with Gasteiger partial charge in [0.05, 0.1) is 13.2 Å². The molecule has 29 heavy (non-hydrogen) atoms. The number of hydrogen-bond acceptors (Lipinski definition) is 4. The molecular weight excluding hydrogens is 366 g/mol. The molecule has 0 spiro atoms. The second-order valence-corrected chi connectivity index (χ2v) is 9.12. The van der Waals surface area contributed by atoms with Crippen molar-refractivity contribution in [3.8, 4) is 17.2 Å². The zero-order valence-corrected chi connectivity index (χ0v) is 18.2. The van der Waals surface area contributed by atoms with Crippen LogP contribution in [-0.2, 0) is 10.2 Å². The number of ether oxygens (including phenoxy) is 3. The molecule has 1 N–H and O–H groups in total. The van der Waals surface area contributed by atoms with E-state index in [0.29, 0.717) is 6.42 Å². The average molecular weight is 398 g/mol. The van der Waals surface area contributed by atoms with Crippen molar-refractivity contribution in [3.63, 3.8) is 0 Å². The molecule has 5 heteroatoms. The van der Waals surface area contributed by atoms with Crippen LogP contribution in [0.2, 0.25) is 0 Å². The number of hydrogen-bond donors (Lipinski definition) is 1. The summed E-state index contributed by atoms with van der Waals surface area (Å²) in [5, 5.41) is 3.11. The average Bonchev–Trinajstić information content (AvgIpc) is 2.64. The lowest BCUT2D eigenvalue weighted by molar-refractivity contribution is -0.124. The Morgan fingerprint density at radius 3 is 2.62 bits per heavy atom. The van der Waals surface area contributed by atoms with Crippen LogP contribution in [0.1, 0.15) is 58.2 Å². The van der Waals surface area contributed by atoms with Gasteiger partial charge in [-0.05, 0) is 43.0 Å². The van der Waals surface area contributed by atoms with Crippen molar-refractivity contribution < 1.29 is 19.0 Å². The number of nitrogens with one attached hydrogen (secondary N) is 1. The fraction of sp³-hybridized carbons (Fsp3) is 0.458. The van der Waals surface area contributed by atoms with Crippen LogP contribution >= 0.6 is 0 Å². The maximum atomic E-state index is 12.7. The van der Waals surface area contributed by atoms with E-state index >= 15 is 0 Å². The second kappa shape index (κ2) is 7.97. The van der Waals surface area contributed by atoms with Gasteiger partial charge in [-0.25, -0.2) is 0 Å². The number of carbonyl (C=O) groups is 1. The highest BCUT2D eigenvalue weighted by Gasteiger charge is 2.35. The molecule has 0 aromatic heterocycles. The fourth-order valence-electron chi connectivity index (χ4n) is 3.68. The molecule has 3 rings (SSSR count). The predicted octanol–water partition coefficient (Wildman–Crippen LogP) is 4.79. The lowest BCUT2D eigenvalue weighted by Gasteiger charge is -2.38. The highest BCUT2D eigenvalue weighted by molar-refractivity contribution is 5.78. The topological polar surface area (TPSA) is 56.8 Å². The van der Waals surface area contributed by atoms with E-state index in [4.69, 9.17) is 14.2 Å². The summed E-state index contributed by atoms with van der Waals surface area (Å²) in [5.41, 5.74) is 1.58. The van der Waals surface area contributed by atoms with Gasteiger partial charge in [0, 0.05) is 18.1 Å². The molecule has 2 aromatic carbocycles. The molecule has 0 radical (unpaired) electrons. The summed E-state index contributed by atoms with van der Waals surface area (Å²) in [6.45, 7) is 10.4. The van der Waals surface area contributed by atoms with Gasteiger partial charge in [0.25, 0.3) is 5.91 Å². The number of fused-ring (bicyclic) bond motifs is 1. The Morgan fingerprint density at radius 2 is 1.93 bits per heavy atom. The predicted molar refractivity (Wildman–Crippen MR) is 114 cm³/mol. The zero-order chi connectivity index (χ0) is 21.2. The number of methoxy groups -OCH3 is 1. The lowest BCUT2D eigenvalue weighted by Crippen LogP contribution is -2.42. The normalized spacial score (nSPS) is 17.7. The minimum absolute atomic E-state index is 0.0314. The molecule has 0 bridgehead atoms. The van der Waals surface area contributed by atoms with Crippen LogP contribution in [-0.4, -0.2) is 25.2 Å². The molecule has 1 aliphatic heterocycles. The molecule has 1 heterocycles. The van der Waals surface area contributed by atoms with Crippen LogP contribution in [0.25, 0.3) is 0 Å². The zero-order valence-electron chi connectivity index (χ0n) is 18.2. The molecule has 2 aromatic rings. The summed E-state index contributed by atoms with van der Waals surface area (Å²) in [7, 11) is 1.63. The van der Waals surface area contributed by atoms with Gasteiger partial charge in [-0.1, -0.05) is 39.0 Å². The van der Waals surface area contributed by atoms with Crippen molar-refractivity contribution in [2.24, 2.45) is 0 Å². The van der Waals surface area contributed by atoms with Crippen LogP contribution < -0.4 is 19.5 Å². The van der Waals surface area contributed by atoms with E-state index < -0.39 is 5.60 Å². The third kappa shape index (κ3) is 5.03. The Labute approximate surface area is 173 Å². The second-order valence-electron chi connectivity index (χ2n) is 9.12. The Morgan fingerprint density at radius 1 is 1.21 bits per heavy atom. The Hall–Kier alpha value is -2.69. The van der Waals surface area contributed by atoms with Gasteiger partial charge in [-0.3, -0.25) is 4.79 Å². The van der Waals surface area contributed by atoms with Gasteiger partial charge in [-0.15, -0.1) is 0 Å². The number of benzene rings is 2. The van der Waals surface area contributed by atoms with E-state index in [9.17, 15) is 4.79 Å². The minimum atomic E-state index is -0.392. The summed E-state index contributed by atoms with van der Waals surface area (Å²) < 4.78 is 17.3. The van der Waals surface area contributed by atoms with E-state index in [-0.39, 0.29) is 24.0 Å². The molecule has 0 fully saturated rings. The van der Waals surface area contributed by atoms with E-state index in [1.807, 2.05) is 56.3 Å². The largest absolute Gasteiger partial charge is 0.497 e. The first-order valence-corrected chi connectivity index (χ1v) is 9.98. The third-order valence-electron chi connectivity index (χ3n) is 5.07. The molecule has 1 aliphatic rings. The van der Waals surface area contributed by atoms with Gasteiger partial charge < -0.3 is 19.5 Å². The summed E-state index contributed by atoms with van der Waals surface area (Å²) in [4.78, 5) is 12.7. The van der Waals surface area contributed by atoms with Gasteiger partial charge in [0.2, 0.25) is 0 Å². The summed E-state index contributed by atoms with van der Waals surface area (Å²) in [6.07, 6.45) is 0.677. The molecule has 156 valence electrons. The number of para-hydroxylation sites is 1. The Bertz CT molecular complexity index is 883. The lowest BCUT2D eigenvalue weighted by atomic mass is 9.86. The fourth-order valence-corrected chi connectivity index (χ4v) is 3.68. The SMILES string of the molecule is COc1ccc2c(c1)OC(C)(C)C[C@@H]2NC(=O)COc1ccccc1C(C)(C)C. The van der Waals surface area contributed by atoms with E-state index in [1.165, 1.54) is 0 Å². The summed E-state index contributed by atoms with van der Waals surface area (Å²) in [6, 6.07) is 13.4. The third-order valence-corrected chi connectivity index (χ3v) is 5.07. The van der Waals surface area contributed by atoms with Crippen molar-refractivity contribution in [3.05, 3.63) is 53.6 Å². The maximum Gasteiger partial charge on any atom is 0.258 e. The monoisotopic (exact) mass is 397 g/mol. The molecule has 0 saturated heterocycles. The molecule has 0 unspecified atom stereocenters. The first-order chi connectivity index (χ1) is 13.6. The van der Waals surface area contributed by atoms with Gasteiger partial charge in [-0.2, -0.15) is 0 Å². The maximum absolute atomic E-state index is 12.7. The highest BCUT2D eigenvalue weighted by atomic mass is 16.5. The first-order valence-electron chi connectivity index (χ1n) is 9.98. The Balaban J connectivity index is 1.72. The van der Waals surface area contributed by atoms with Crippen LogP contribution in [0.5, 0.6) is 17.2 Å². The summed E-state index contributed by atoms with van der Waals surface area (Å²) >= 11 is 0. The van der Waals surface area contributed by atoms with Crippen molar-refractivity contribution in [2.45, 2.75) is 58.1 Å². The van der Waals surface area contributed by atoms with Crippen molar-refractivity contribution >= 4 is 5.91 Å². The number of rotatable bonds is 5. The van der Waals surface area contributed by atoms with Crippen LogP contribution in [0.3, 0.4) is 0 Å². The van der Waals surface area contributed by atoms with Gasteiger partial charge >= 0.3 is 0 Å². The van der Waals surface area contributed by atoms with Crippen molar-refractivity contribution in [2.75, 3.05) is 13.7 Å². The molecule has 5 nitrogen and oxygen atoms in total. The van der Waals surface area contributed by atoms with Crippen LogP contribution in [0.4, 0.5) is 0 Å². The molecule has 1 atom stereocenters. The first kappa shape index (κ1) is 21.0. The summed E-state index contributed by atoms with van der Waals surface area (Å²) in [5.74, 6) is 2.06. The van der Waals surface area contributed by atoms with Crippen LogP contribution in [0.15, 0.2) is 42.5 Å². The van der Waals surface area contributed by atoms with Crippen molar-refractivity contribution in [1.29, 1.82) is 0 Å². The Kier molecular flexibility index (Phi) is 5.78. The minimum Gasteiger partial charge on any atom is -0.497 e. The van der Waals surface area contributed by atoms with E-state index in [2.05, 4.69) is 26.1 Å². The van der Waals surface area contributed by atoms with E-state index in [1.54, 1.807) is 7.11 Å². The molecule has 0 saturated carbocycles. The van der Waals surface area contributed by atoms with Crippen LogP contribution in [0, 0.1) is 0 Å². The van der Waals surface area contributed by atoms with E-state index in [0.717, 1.165) is 28.4 Å². The van der Waals surface area contributed by atoms with Crippen molar-refractivity contribution in [1.82, 2.24) is 5.32 Å². The molecule has 0 aliphatic carbocycles. The highest BCUT2D eigenvalue weighted by Crippen LogP contribution is 2.41. The van der Waals surface area contributed by atoms with Gasteiger partial charge in [0.1, 0.15) is 22.8 Å². The smallest absolute Gasteiger partial charge is 0.258 e. The molecule has 1 amide bonds. The van der Waals surface area contributed by atoms with Gasteiger partial charge in [0.15, 0.2) is 6.61 Å². The number of carbonyl (C=O) groups excluding carboxylic acids is 1.